The van der Waals surface area contributed by atoms with Crippen molar-refractivity contribution in [2.24, 2.45) is 28.6 Å². The Kier molecular flexibility index (Phi) is 3.71. The van der Waals surface area contributed by atoms with E-state index < -0.39 is 0 Å². The monoisotopic (exact) mass is 389 g/mol. The quantitative estimate of drug-likeness (QED) is 0.646. The van der Waals surface area contributed by atoms with Crippen LogP contribution in [0.15, 0.2) is 35.9 Å². The predicted molar refractivity (Wildman–Crippen MR) is 113 cm³/mol. The van der Waals surface area contributed by atoms with E-state index in [0.29, 0.717) is 17.2 Å². The van der Waals surface area contributed by atoms with Gasteiger partial charge in [0.2, 0.25) is 0 Å². The lowest BCUT2D eigenvalue weighted by Gasteiger charge is -2.58. The molecule has 4 nitrogen and oxygen atoms in total. The van der Waals surface area contributed by atoms with Crippen molar-refractivity contribution in [2.75, 3.05) is 0 Å². The minimum atomic E-state index is 0.260. The highest BCUT2D eigenvalue weighted by atomic mass is 16.1. The minimum absolute atomic E-state index is 0.260. The summed E-state index contributed by atoms with van der Waals surface area (Å²) < 4.78 is 2.25. The Labute approximate surface area is 172 Å². The topological polar surface area (TPSA) is 47.8 Å². The average molecular weight is 390 g/mol. The summed E-state index contributed by atoms with van der Waals surface area (Å²) >= 11 is 0. The SMILES string of the molecule is C[C@]12CCC3C(CCC4=CC(=O)CC[C@@]43C)C1CCC2n1nnc2ccccc21. The number of hydrogen-bond acceptors (Lipinski definition) is 3. The Morgan fingerprint density at radius 3 is 2.76 bits per heavy atom. The molecular formula is C25H31N3O. The summed E-state index contributed by atoms with van der Waals surface area (Å²) in [5.41, 5.74) is 4.24. The summed E-state index contributed by atoms with van der Waals surface area (Å²) in [5, 5.41) is 9.08. The van der Waals surface area contributed by atoms with E-state index in [9.17, 15) is 4.79 Å². The summed E-state index contributed by atoms with van der Waals surface area (Å²) in [5.74, 6) is 2.67. The highest BCUT2D eigenvalue weighted by Crippen LogP contribution is 2.67. The molecule has 0 radical (unpaired) electrons. The molecule has 152 valence electrons. The minimum Gasteiger partial charge on any atom is -0.295 e. The standard InChI is InChI=1S/C25H31N3O/c1-24-13-11-17(29)15-16(24)7-8-18-19-9-10-23(25(19,2)14-12-20(18)24)28-22-6-4-3-5-21(22)26-27-28/h3-6,15,18-20,23H,7-14H2,1-2H3/t18?,19?,20?,23?,24-,25-/m0/s1. The van der Waals surface area contributed by atoms with Gasteiger partial charge < -0.3 is 0 Å². The molecule has 6 rings (SSSR count). The first-order valence-electron chi connectivity index (χ1n) is 11.5. The lowest BCUT2D eigenvalue weighted by molar-refractivity contribution is -0.117. The molecule has 0 amide bonds. The molecule has 4 aliphatic rings. The molecular weight excluding hydrogens is 358 g/mol. The van der Waals surface area contributed by atoms with Crippen molar-refractivity contribution in [3.05, 3.63) is 35.9 Å². The van der Waals surface area contributed by atoms with Gasteiger partial charge in [-0.2, -0.15) is 0 Å². The van der Waals surface area contributed by atoms with Gasteiger partial charge in [0.05, 0.1) is 11.6 Å². The molecule has 2 aromatic rings. The van der Waals surface area contributed by atoms with Crippen LogP contribution in [-0.2, 0) is 4.79 Å². The van der Waals surface area contributed by atoms with E-state index in [-0.39, 0.29) is 5.41 Å². The molecule has 4 heteroatoms. The van der Waals surface area contributed by atoms with Crippen molar-refractivity contribution in [3.8, 4) is 0 Å². The van der Waals surface area contributed by atoms with Crippen LogP contribution < -0.4 is 0 Å². The maximum absolute atomic E-state index is 12.0. The highest BCUT2D eigenvalue weighted by molar-refractivity contribution is 5.91. The van der Waals surface area contributed by atoms with Gasteiger partial charge in [-0.3, -0.25) is 4.79 Å². The van der Waals surface area contributed by atoms with Crippen LogP contribution in [0.3, 0.4) is 0 Å². The Morgan fingerprint density at radius 2 is 1.86 bits per heavy atom. The molecule has 3 fully saturated rings. The zero-order valence-electron chi connectivity index (χ0n) is 17.6. The number of aromatic nitrogens is 3. The van der Waals surface area contributed by atoms with E-state index in [4.69, 9.17) is 0 Å². The third kappa shape index (κ3) is 2.35. The van der Waals surface area contributed by atoms with Crippen molar-refractivity contribution in [2.45, 2.75) is 71.3 Å². The van der Waals surface area contributed by atoms with Gasteiger partial charge >= 0.3 is 0 Å². The lowest BCUT2D eigenvalue weighted by atomic mass is 9.47. The van der Waals surface area contributed by atoms with Crippen molar-refractivity contribution >= 4 is 16.8 Å². The maximum Gasteiger partial charge on any atom is 0.155 e. The second-order valence-corrected chi connectivity index (χ2v) is 10.6. The van der Waals surface area contributed by atoms with E-state index in [1.165, 1.54) is 43.2 Å². The van der Waals surface area contributed by atoms with Crippen LogP contribution in [0, 0.1) is 28.6 Å². The maximum atomic E-state index is 12.0. The van der Waals surface area contributed by atoms with Crippen LogP contribution in [0.1, 0.15) is 71.3 Å². The zero-order valence-corrected chi connectivity index (χ0v) is 17.6. The number of fused-ring (bicyclic) bond motifs is 6. The third-order valence-corrected chi connectivity index (χ3v) is 9.58. The number of carbonyl (C=O) groups is 1. The van der Waals surface area contributed by atoms with Gasteiger partial charge in [0, 0.05) is 6.42 Å². The molecule has 1 aromatic carbocycles. The first-order chi connectivity index (χ1) is 14.0. The molecule has 3 saturated carbocycles. The summed E-state index contributed by atoms with van der Waals surface area (Å²) in [6.45, 7) is 5.02. The summed E-state index contributed by atoms with van der Waals surface area (Å²) in [7, 11) is 0. The van der Waals surface area contributed by atoms with Crippen molar-refractivity contribution in [1.82, 2.24) is 15.0 Å². The van der Waals surface area contributed by atoms with Gasteiger partial charge in [-0.15, -0.1) is 5.10 Å². The van der Waals surface area contributed by atoms with Crippen LogP contribution >= 0.6 is 0 Å². The molecule has 0 saturated heterocycles. The van der Waals surface area contributed by atoms with Crippen molar-refractivity contribution < 1.29 is 4.79 Å². The lowest BCUT2D eigenvalue weighted by Crippen LogP contribution is -2.50. The van der Waals surface area contributed by atoms with Crippen molar-refractivity contribution in [1.29, 1.82) is 0 Å². The fourth-order valence-corrected chi connectivity index (χ4v) is 8.05. The molecule has 4 unspecified atom stereocenters. The van der Waals surface area contributed by atoms with E-state index in [1.54, 1.807) is 0 Å². The van der Waals surface area contributed by atoms with Crippen LogP contribution in [-0.4, -0.2) is 20.8 Å². The number of allylic oxidation sites excluding steroid dienone is 1. The number of benzene rings is 1. The second kappa shape index (κ2) is 6.02. The number of ketones is 1. The first kappa shape index (κ1) is 17.9. The molecule has 1 heterocycles. The van der Waals surface area contributed by atoms with E-state index in [1.807, 2.05) is 6.08 Å². The highest BCUT2D eigenvalue weighted by Gasteiger charge is 2.59. The summed E-state index contributed by atoms with van der Waals surface area (Å²) in [4.78, 5) is 12.0. The molecule has 1 aromatic heterocycles. The Balaban J connectivity index is 1.36. The fourth-order valence-electron chi connectivity index (χ4n) is 8.05. The van der Waals surface area contributed by atoms with E-state index in [2.05, 4.69) is 53.1 Å². The van der Waals surface area contributed by atoms with Gasteiger partial charge in [-0.25, -0.2) is 4.68 Å². The number of para-hydroxylation sites is 1. The van der Waals surface area contributed by atoms with Gasteiger partial charge in [0.1, 0.15) is 5.52 Å². The molecule has 0 bridgehead atoms. The number of carbonyl (C=O) groups excluding carboxylic acids is 1. The Hall–Kier alpha value is -1.97. The van der Waals surface area contributed by atoms with Gasteiger partial charge in [-0.05, 0) is 91.7 Å². The number of rotatable bonds is 1. The second-order valence-electron chi connectivity index (χ2n) is 10.6. The van der Waals surface area contributed by atoms with Crippen LogP contribution in [0.25, 0.3) is 11.0 Å². The van der Waals surface area contributed by atoms with Gasteiger partial charge in [0.25, 0.3) is 0 Å². The van der Waals surface area contributed by atoms with Gasteiger partial charge in [-0.1, -0.05) is 36.8 Å². The predicted octanol–water partition coefficient (Wildman–Crippen LogP) is 5.50. The normalized spacial score (nSPS) is 41.6. The zero-order chi connectivity index (χ0) is 19.8. The third-order valence-electron chi connectivity index (χ3n) is 9.58. The number of hydrogen-bond donors (Lipinski definition) is 0. The number of nitrogens with zero attached hydrogens (tertiary/aromatic N) is 3. The molecule has 0 spiro atoms. The van der Waals surface area contributed by atoms with Crippen LogP contribution in [0.2, 0.25) is 0 Å². The van der Waals surface area contributed by atoms with Crippen molar-refractivity contribution in [3.63, 3.8) is 0 Å². The molecule has 6 atom stereocenters. The molecule has 4 aliphatic carbocycles. The summed E-state index contributed by atoms with van der Waals surface area (Å²) in [6.07, 6.45) is 11.3. The molecule has 0 aliphatic heterocycles. The van der Waals surface area contributed by atoms with Crippen LogP contribution in [0.5, 0.6) is 0 Å². The fraction of sp³-hybridized carbons (Fsp3) is 0.640. The Morgan fingerprint density at radius 1 is 1.00 bits per heavy atom. The van der Waals surface area contributed by atoms with E-state index in [0.717, 1.165) is 42.5 Å². The first-order valence-corrected chi connectivity index (χ1v) is 11.5. The van der Waals surface area contributed by atoms with Gasteiger partial charge in [0.15, 0.2) is 5.78 Å². The Bertz CT molecular complexity index is 1020. The molecule has 29 heavy (non-hydrogen) atoms. The van der Waals surface area contributed by atoms with Crippen LogP contribution in [0.4, 0.5) is 0 Å². The average Bonchev–Trinajstić information content (AvgIpc) is 3.29. The molecule has 0 N–H and O–H groups in total. The van der Waals surface area contributed by atoms with E-state index >= 15 is 0 Å². The summed E-state index contributed by atoms with van der Waals surface area (Å²) in [6, 6.07) is 8.86. The largest absolute Gasteiger partial charge is 0.295 e. The smallest absolute Gasteiger partial charge is 0.155 e.